The topological polar surface area (TPSA) is 36.1 Å². The van der Waals surface area contributed by atoms with E-state index in [1.54, 1.807) is 0 Å². The van der Waals surface area contributed by atoms with Crippen LogP contribution < -0.4 is 0 Å². The summed E-state index contributed by atoms with van der Waals surface area (Å²) in [5.74, 6) is 0.942. The van der Waals surface area contributed by atoms with Crippen molar-refractivity contribution in [3.05, 3.63) is 36.0 Å². The Bertz CT molecular complexity index is 631. The number of rotatable bonds is 3. The minimum absolute atomic E-state index is 0.305. The molecule has 0 aliphatic carbocycles. The minimum atomic E-state index is 0.305. The fraction of sp³-hybridized carbons (Fsp3) is 0.500. The Hall–Kier alpha value is -1.77. The number of para-hydroxylation sites is 1. The first-order chi connectivity index (χ1) is 10.1. The van der Waals surface area contributed by atoms with Gasteiger partial charge in [-0.25, -0.2) is 0 Å². The van der Waals surface area contributed by atoms with Gasteiger partial charge in [-0.3, -0.25) is 4.79 Å². The molecule has 3 rings (SSSR count). The van der Waals surface area contributed by atoms with Crippen LogP contribution in [0.3, 0.4) is 0 Å². The number of likely N-dealkylation sites (tertiary alicyclic amines) is 1. The van der Waals surface area contributed by atoms with Crippen LogP contribution in [0.4, 0.5) is 0 Å². The van der Waals surface area contributed by atoms with Crippen LogP contribution in [0.25, 0.3) is 10.9 Å². The molecule has 2 atom stereocenters. The van der Waals surface area contributed by atoms with Crippen LogP contribution in [0.1, 0.15) is 38.7 Å². The largest absolute Gasteiger partial charge is 0.361 e. The second-order valence-corrected chi connectivity index (χ2v) is 6.44. The summed E-state index contributed by atoms with van der Waals surface area (Å²) in [5, 5.41) is 1.24. The predicted molar refractivity (Wildman–Crippen MR) is 86.2 cm³/mol. The van der Waals surface area contributed by atoms with Crippen LogP contribution in [-0.4, -0.2) is 28.4 Å². The lowest BCUT2D eigenvalue weighted by molar-refractivity contribution is -0.135. The Balaban J connectivity index is 1.65. The molecule has 2 unspecified atom stereocenters. The van der Waals surface area contributed by atoms with Crippen molar-refractivity contribution >= 4 is 16.8 Å². The molecular weight excluding hydrogens is 260 g/mol. The quantitative estimate of drug-likeness (QED) is 0.915. The van der Waals surface area contributed by atoms with Crippen LogP contribution in [0.15, 0.2) is 30.5 Å². The first-order valence-electron chi connectivity index (χ1n) is 7.99. The lowest BCUT2D eigenvalue weighted by Crippen LogP contribution is -2.45. The molecule has 2 heterocycles. The Morgan fingerprint density at radius 1 is 1.29 bits per heavy atom. The number of aromatic nitrogens is 1. The second-order valence-electron chi connectivity index (χ2n) is 6.44. The van der Waals surface area contributed by atoms with Crippen molar-refractivity contribution in [2.45, 2.75) is 45.6 Å². The summed E-state index contributed by atoms with van der Waals surface area (Å²) in [7, 11) is 0. The highest BCUT2D eigenvalue weighted by atomic mass is 16.2. The Morgan fingerprint density at radius 2 is 2.10 bits per heavy atom. The molecule has 0 radical (unpaired) electrons. The van der Waals surface area contributed by atoms with Crippen LogP contribution in [-0.2, 0) is 11.2 Å². The van der Waals surface area contributed by atoms with Gasteiger partial charge in [0.1, 0.15) is 0 Å². The average Bonchev–Trinajstić information content (AvgIpc) is 2.90. The van der Waals surface area contributed by atoms with Gasteiger partial charge < -0.3 is 9.88 Å². The van der Waals surface area contributed by atoms with Gasteiger partial charge in [0.15, 0.2) is 0 Å². The number of amides is 1. The number of carbonyl (C=O) groups excluding carboxylic acids is 1. The molecule has 1 aliphatic heterocycles. The van der Waals surface area contributed by atoms with E-state index in [0.717, 1.165) is 24.9 Å². The first-order valence-corrected chi connectivity index (χ1v) is 7.99. The molecule has 21 heavy (non-hydrogen) atoms. The maximum Gasteiger partial charge on any atom is 0.223 e. The number of benzene rings is 1. The fourth-order valence-electron chi connectivity index (χ4n) is 3.36. The van der Waals surface area contributed by atoms with E-state index in [1.165, 1.54) is 17.4 Å². The molecule has 0 saturated carbocycles. The molecule has 1 amide bonds. The van der Waals surface area contributed by atoms with Crippen molar-refractivity contribution in [1.82, 2.24) is 9.88 Å². The normalized spacial score (nSPS) is 22.7. The third-order valence-corrected chi connectivity index (χ3v) is 4.72. The highest BCUT2D eigenvalue weighted by Gasteiger charge is 2.26. The number of hydrogen-bond donors (Lipinski definition) is 1. The summed E-state index contributed by atoms with van der Waals surface area (Å²) >= 11 is 0. The minimum Gasteiger partial charge on any atom is -0.361 e. The summed E-state index contributed by atoms with van der Waals surface area (Å²) in [6, 6.07) is 8.68. The molecule has 0 spiro atoms. The van der Waals surface area contributed by atoms with Crippen molar-refractivity contribution < 1.29 is 4.79 Å². The number of fused-ring (bicyclic) bond motifs is 1. The predicted octanol–water partition coefficient (Wildman–Crippen LogP) is 3.75. The Morgan fingerprint density at radius 3 is 2.95 bits per heavy atom. The van der Waals surface area contributed by atoms with E-state index >= 15 is 0 Å². The van der Waals surface area contributed by atoms with E-state index in [9.17, 15) is 4.79 Å². The molecule has 1 aliphatic rings. The molecule has 1 saturated heterocycles. The van der Waals surface area contributed by atoms with Crippen LogP contribution in [0, 0.1) is 5.92 Å². The molecule has 1 N–H and O–H groups in total. The summed E-state index contributed by atoms with van der Waals surface area (Å²) in [6.45, 7) is 5.34. The molecule has 1 aromatic heterocycles. The van der Waals surface area contributed by atoms with Gasteiger partial charge in [0.25, 0.3) is 0 Å². The number of piperidine rings is 1. The number of H-pyrrole nitrogens is 1. The van der Waals surface area contributed by atoms with Crippen molar-refractivity contribution in [1.29, 1.82) is 0 Å². The third-order valence-electron chi connectivity index (χ3n) is 4.72. The lowest BCUT2D eigenvalue weighted by Gasteiger charge is -2.37. The molecular formula is C18H24N2O. The monoisotopic (exact) mass is 284 g/mol. The average molecular weight is 284 g/mol. The molecule has 2 aromatic rings. The number of hydrogen-bond acceptors (Lipinski definition) is 1. The van der Waals surface area contributed by atoms with E-state index in [0.29, 0.717) is 24.3 Å². The zero-order valence-electron chi connectivity index (χ0n) is 12.9. The van der Waals surface area contributed by atoms with Gasteiger partial charge in [0.05, 0.1) is 0 Å². The van der Waals surface area contributed by atoms with Crippen molar-refractivity contribution in [2.24, 2.45) is 5.92 Å². The van der Waals surface area contributed by atoms with Crippen molar-refractivity contribution in [3.8, 4) is 0 Å². The van der Waals surface area contributed by atoms with E-state index in [-0.39, 0.29) is 0 Å². The van der Waals surface area contributed by atoms with E-state index in [1.807, 2.05) is 12.3 Å². The van der Waals surface area contributed by atoms with Gasteiger partial charge in [0.2, 0.25) is 5.91 Å². The zero-order valence-corrected chi connectivity index (χ0v) is 12.9. The van der Waals surface area contributed by atoms with Crippen LogP contribution in [0.5, 0.6) is 0 Å². The van der Waals surface area contributed by atoms with Crippen LogP contribution >= 0.6 is 0 Å². The lowest BCUT2D eigenvalue weighted by atomic mass is 9.94. The SMILES string of the molecule is CC1CCC(C)N(C(=O)CCc2c[nH]c3ccccc23)C1. The van der Waals surface area contributed by atoms with Crippen molar-refractivity contribution in [2.75, 3.05) is 6.54 Å². The zero-order chi connectivity index (χ0) is 14.8. The van der Waals surface area contributed by atoms with Crippen molar-refractivity contribution in [3.63, 3.8) is 0 Å². The number of carbonyl (C=O) groups is 1. The summed E-state index contributed by atoms with van der Waals surface area (Å²) in [5.41, 5.74) is 2.40. The summed E-state index contributed by atoms with van der Waals surface area (Å²) in [6.07, 6.45) is 5.85. The highest BCUT2D eigenvalue weighted by Crippen LogP contribution is 2.23. The number of nitrogens with zero attached hydrogens (tertiary/aromatic N) is 1. The molecule has 3 heteroatoms. The Labute approximate surface area is 126 Å². The molecule has 3 nitrogen and oxygen atoms in total. The van der Waals surface area contributed by atoms with Gasteiger partial charge >= 0.3 is 0 Å². The molecule has 1 fully saturated rings. The molecule has 112 valence electrons. The third kappa shape index (κ3) is 2.97. The first kappa shape index (κ1) is 14.2. The van der Waals surface area contributed by atoms with E-state index < -0.39 is 0 Å². The summed E-state index contributed by atoms with van der Waals surface area (Å²) < 4.78 is 0. The molecule has 1 aromatic carbocycles. The number of aryl methyl sites for hydroxylation is 1. The standard InChI is InChI=1S/C18H24N2O/c1-13-7-8-14(2)20(12-13)18(21)10-9-15-11-19-17-6-4-3-5-16(15)17/h3-6,11,13-14,19H,7-10,12H2,1-2H3. The van der Waals surface area contributed by atoms with Gasteiger partial charge in [-0.15, -0.1) is 0 Å². The second kappa shape index (κ2) is 5.92. The highest BCUT2D eigenvalue weighted by molar-refractivity contribution is 5.84. The maximum atomic E-state index is 12.5. The van der Waals surface area contributed by atoms with Gasteiger partial charge in [-0.05, 0) is 43.7 Å². The number of aromatic amines is 1. The van der Waals surface area contributed by atoms with Crippen LogP contribution in [0.2, 0.25) is 0 Å². The van der Waals surface area contributed by atoms with Gasteiger partial charge in [0, 0.05) is 36.1 Å². The Kier molecular flexibility index (Phi) is 4.00. The van der Waals surface area contributed by atoms with Gasteiger partial charge in [-0.1, -0.05) is 25.1 Å². The molecule has 0 bridgehead atoms. The van der Waals surface area contributed by atoms with Gasteiger partial charge in [-0.2, -0.15) is 0 Å². The smallest absolute Gasteiger partial charge is 0.223 e. The van der Waals surface area contributed by atoms with E-state index in [4.69, 9.17) is 0 Å². The fourth-order valence-corrected chi connectivity index (χ4v) is 3.36. The van der Waals surface area contributed by atoms with E-state index in [2.05, 4.69) is 41.9 Å². The number of nitrogens with one attached hydrogen (secondary N) is 1. The summed E-state index contributed by atoms with van der Waals surface area (Å²) in [4.78, 5) is 17.9. The maximum absolute atomic E-state index is 12.5.